The molecule has 130 valence electrons. The second-order valence-corrected chi connectivity index (χ2v) is 5.51. The number of carbonyl (C=O) groups is 2. The highest BCUT2D eigenvalue weighted by molar-refractivity contribution is 5.87. The molecule has 1 atom stereocenters. The van der Waals surface area contributed by atoms with Gasteiger partial charge < -0.3 is 27.4 Å². The lowest BCUT2D eigenvalue weighted by atomic mass is 10.1. The molecule has 0 bridgehead atoms. The predicted octanol–water partition coefficient (Wildman–Crippen LogP) is -0.893. The minimum atomic E-state index is -0.725. The van der Waals surface area contributed by atoms with Gasteiger partial charge in [0, 0.05) is 13.0 Å². The van der Waals surface area contributed by atoms with Crippen molar-refractivity contribution < 1.29 is 9.59 Å². The Kier molecular flexibility index (Phi) is 14.2. The molecular formula is C15H33N5O2. The number of hydrogen-bond donors (Lipinski definition) is 5. The third-order valence-corrected chi connectivity index (χ3v) is 3.19. The van der Waals surface area contributed by atoms with Gasteiger partial charge in [0.1, 0.15) is 5.78 Å². The van der Waals surface area contributed by atoms with Gasteiger partial charge in [0.15, 0.2) is 0 Å². The molecule has 0 aliphatic rings. The van der Waals surface area contributed by atoms with Crippen molar-refractivity contribution in [1.82, 2.24) is 16.0 Å². The molecule has 7 N–H and O–H groups in total. The molecule has 0 spiro atoms. The maximum Gasteiger partial charge on any atom is 0.237 e. The van der Waals surface area contributed by atoms with Gasteiger partial charge in [0.05, 0.1) is 6.04 Å². The second kappa shape index (κ2) is 14.9. The molecule has 0 aromatic carbocycles. The molecule has 0 saturated carbocycles. The summed E-state index contributed by atoms with van der Waals surface area (Å²) < 4.78 is 0. The molecule has 7 heteroatoms. The Bertz CT molecular complexity index is 300. The average Bonchev–Trinajstić information content (AvgIpc) is 2.47. The van der Waals surface area contributed by atoms with Crippen molar-refractivity contribution in [3.8, 4) is 0 Å². The molecule has 22 heavy (non-hydrogen) atoms. The summed E-state index contributed by atoms with van der Waals surface area (Å²) in [5, 5.41) is 9.42. The topological polar surface area (TPSA) is 122 Å². The Hall–Kier alpha value is -1.02. The van der Waals surface area contributed by atoms with Crippen molar-refractivity contribution in [3.63, 3.8) is 0 Å². The van der Waals surface area contributed by atoms with Crippen LogP contribution in [0.3, 0.4) is 0 Å². The lowest BCUT2D eigenvalue weighted by Crippen LogP contribution is -2.42. The average molecular weight is 315 g/mol. The van der Waals surface area contributed by atoms with Crippen LogP contribution >= 0.6 is 0 Å². The zero-order valence-corrected chi connectivity index (χ0v) is 13.8. The van der Waals surface area contributed by atoms with E-state index < -0.39 is 6.04 Å². The van der Waals surface area contributed by atoms with E-state index in [1.54, 1.807) is 0 Å². The van der Waals surface area contributed by atoms with E-state index in [2.05, 4.69) is 16.0 Å². The number of Topliss-reactive ketones (excluding diaryl/α,β-unsaturated/α-hetero) is 1. The van der Waals surface area contributed by atoms with Gasteiger partial charge in [-0.05, 0) is 65.3 Å². The van der Waals surface area contributed by atoms with Crippen LogP contribution in [0.5, 0.6) is 0 Å². The van der Waals surface area contributed by atoms with E-state index in [4.69, 9.17) is 11.5 Å². The maximum atomic E-state index is 11.5. The summed E-state index contributed by atoms with van der Waals surface area (Å²) in [5.74, 6) is -0.319. The monoisotopic (exact) mass is 315 g/mol. The van der Waals surface area contributed by atoms with E-state index in [9.17, 15) is 9.59 Å². The fourth-order valence-electron chi connectivity index (χ4n) is 1.94. The fraction of sp³-hybridized carbons (Fsp3) is 0.867. The van der Waals surface area contributed by atoms with Gasteiger partial charge in [-0.25, -0.2) is 0 Å². The van der Waals surface area contributed by atoms with Gasteiger partial charge in [-0.15, -0.1) is 0 Å². The standard InChI is InChI=1S/C15H33N5O2/c1-13(21)12-14(17)15(22)20-11-5-10-19-8-3-2-7-18-9-4-6-16/h14,18-19H,2-12,16-17H2,1H3,(H,20,22). The Morgan fingerprint density at radius 2 is 1.45 bits per heavy atom. The van der Waals surface area contributed by atoms with E-state index >= 15 is 0 Å². The van der Waals surface area contributed by atoms with Gasteiger partial charge in [0.25, 0.3) is 0 Å². The molecule has 0 rings (SSSR count). The first-order chi connectivity index (χ1) is 10.6. The number of rotatable bonds is 15. The van der Waals surface area contributed by atoms with E-state index in [0.29, 0.717) is 6.54 Å². The first kappa shape index (κ1) is 21.0. The molecule has 0 fully saturated rings. The minimum Gasteiger partial charge on any atom is -0.355 e. The number of amides is 1. The van der Waals surface area contributed by atoms with E-state index in [1.807, 2.05) is 0 Å². The molecule has 0 saturated heterocycles. The molecule has 1 unspecified atom stereocenters. The molecular weight excluding hydrogens is 282 g/mol. The largest absolute Gasteiger partial charge is 0.355 e. The zero-order chi connectivity index (χ0) is 16.6. The van der Waals surface area contributed by atoms with Crippen LogP contribution in [-0.2, 0) is 9.59 Å². The first-order valence-electron chi connectivity index (χ1n) is 8.22. The van der Waals surface area contributed by atoms with E-state index in [1.165, 1.54) is 6.92 Å². The predicted molar refractivity (Wildman–Crippen MR) is 89.5 cm³/mol. The molecule has 7 nitrogen and oxygen atoms in total. The number of nitrogens with two attached hydrogens (primary N) is 2. The van der Waals surface area contributed by atoms with Crippen molar-refractivity contribution in [1.29, 1.82) is 0 Å². The summed E-state index contributed by atoms with van der Waals surface area (Å²) in [7, 11) is 0. The van der Waals surface area contributed by atoms with Crippen LogP contribution in [0.25, 0.3) is 0 Å². The smallest absolute Gasteiger partial charge is 0.237 e. The Morgan fingerprint density at radius 3 is 2.00 bits per heavy atom. The molecule has 0 aliphatic carbocycles. The summed E-state index contributed by atoms with van der Waals surface area (Å²) in [6.45, 7) is 6.63. The quantitative estimate of drug-likeness (QED) is 0.250. The molecule has 0 heterocycles. The molecule has 0 radical (unpaired) electrons. The van der Waals surface area contributed by atoms with Gasteiger partial charge in [-0.2, -0.15) is 0 Å². The Labute approximate surface area is 134 Å². The summed E-state index contributed by atoms with van der Waals surface area (Å²) in [6, 6.07) is -0.725. The van der Waals surface area contributed by atoms with Crippen molar-refractivity contribution in [3.05, 3.63) is 0 Å². The lowest BCUT2D eigenvalue weighted by Gasteiger charge is -2.11. The summed E-state index contributed by atoms with van der Waals surface area (Å²) >= 11 is 0. The number of carbonyl (C=O) groups excluding carboxylic acids is 2. The summed E-state index contributed by atoms with van der Waals surface area (Å²) in [4.78, 5) is 22.4. The molecule has 0 aromatic rings. The van der Waals surface area contributed by atoms with Crippen LogP contribution in [0, 0.1) is 0 Å². The normalized spacial score (nSPS) is 12.1. The lowest BCUT2D eigenvalue weighted by molar-refractivity contribution is -0.125. The number of ketones is 1. The number of nitrogens with one attached hydrogen (secondary N) is 3. The SMILES string of the molecule is CC(=O)CC(N)C(=O)NCCCNCCCCNCCCN. The third-order valence-electron chi connectivity index (χ3n) is 3.19. The highest BCUT2D eigenvalue weighted by atomic mass is 16.2. The number of unbranched alkanes of at least 4 members (excludes halogenated alkanes) is 1. The minimum absolute atomic E-state index is 0.0677. The van der Waals surface area contributed by atoms with Crippen LogP contribution in [0.2, 0.25) is 0 Å². The summed E-state index contributed by atoms with van der Waals surface area (Å²) in [6.07, 6.45) is 4.26. The molecule has 0 aliphatic heterocycles. The van der Waals surface area contributed by atoms with Crippen LogP contribution in [-0.4, -0.2) is 57.0 Å². The molecule has 0 aromatic heterocycles. The third kappa shape index (κ3) is 13.9. The first-order valence-corrected chi connectivity index (χ1v) is 8.22. The van der Waals surface area contributed by atoms with E-state index in [-0.39, 0.29) is 18.1 Å². The van der Waals surface area contributed by atoms with Crippen molar-refractivity contribution in [2.75, 3.05) is 39.3 Å². The van der Waals surface area contributed by atoms with Gasteiger partial charge in [-0.1, -0.05) is 0 Å². The zero-order valence-electron chi connectivity index (χ0n) is 13.8. The van der Waals surface area contributed by atoms with Crippen LogP contribution < -0.4 is 27.4 Å². The van der Waals surface area contributed by atoms with E-state index in [0.717, 1.165) is 58.4 Å². The van der Waals surface area contributed by atoms with Gasteiger partial charge in [0.2, 0.25) is 5.91 Å². The van der Waals surface area contributed by atoms with Crippen molar-refractivity contribution in [2.24, 2.45) is 11.5 Å². The van der Waals surface area contributed by atoms with Crippen LogP contribution in [0.15, 0.2) is 0 Å². The van der Waals surface area contributed by atoms with Gasteiger partial charge >= 0.3 is 0 Å². The Morgan fingerprint density at radius 1 is 0.909 bits per heavy atom. The highest BCUT2D eigenvalue weighted by Gasteiger charge is 2.14. The van der Waals surface area contributed by atoms with Crippen molar-refractivity contribution >= 4 is 11.7 Å². The number of hydrogen-bond acceptors (Lipinski definition) is 6. The van der Waals surface area contributed by atoms with Crippen molar-refractivity contribution in [2.45, 2.75) is 45.1 Å². The van der Waals surface area contributed by atoms with Crippen LogP contribution in [0.1, 0.15) is 39.0 Å². The summed E-state index contributed by atoms with van der Waals surface area (Å²) in [5.41, 5.74) is 11.0. The second-order valence-electron chi connectivity index (χ2n) is 5.51. The molecule has 1 amide bonds. The van der Waals surface area contributed by atoms with Crippen LogP contribution in [0.4, 0.5) is 0 Å². The Balaban J connectivity index is 3.26. The fourth-order valence-corrected chi connectivity index (χ4v) is 1.94. The highest BCUT2D eigenvalue weighted by Crippen LogP contribution is 1.90. The van der Waals surface area contributed by atoms with Gasteiger partial charge in [-0.3, -0.25) is 9.59 Å². The maximum absolute atomic E-state index is 11.5.